The number of anilines is 4. The fourth-order valence-electron chi connectivity index (χ4n) is 4.59. The van der Waals surface area contributed by atoms with Crippen molar-refractivity contribution in [3.05, 3.63) is 86.0 Å². The van der Waals surface area contributed by atoms with Gasteiger partial charge < -0.3 is 20.9 Å². The van der Waals surface area contributed by atoms with Gasteiger partial charge in [0.25, 0.3) is 11.5 Å². The number of nitrogens with one attached hydrogen (secondary N) is 2. The van der Waals surface area contributed by atoms with Crippen LogP contribution < -0.4 is 21.9 Å². The van der Waals surface area contributed by atoms with Gasteiger partial charge in [-0.25, -0.2) is 4.98 Å². The van der Waals surface area contributed by atoms with Gasteiger partial charge in [-0.3, -0.25) is 9.59 Å². The number of hydrogen-bond acceptors (Lipinski definition) is 6. The third kappa shape index (κ3) is 4.77. The van der Waals surface area contributed by atoms with Crippen molar-refractivity contribution in [2.75, 3.05) is 16.4 Å². The molecule has 0 radical (unpaired) electrons. The number of amides is 1. The topological polar surface area (TPSA) is 102 Å². The molecule has 0 saturated carbocycles. The maximum Gasteiger partial charge on any atom is 0.293 e. The summed E-state index contributed by atoms with van der Waals surface area (Å²) < 4.78 is 1.50. The highest BCUT2D eigenvalue weighted by molar-refractivity contribution is 7.14. The van der Waals surface area contributed by atoms with Gasteiger partial charge in [-0.15, -0.1) is 11.3 Å². The summed E-state index contributed by atoms with van der Waals surface area (Å²) in [5.41, 5.74) is 11.3. The van der Waals surface area contributed by atoms with Crippen LogP contribution >= 0.6 is 11.3 Å². The van der Waals surface area contributed by atoms with Crippen LogP contribution in [0.5, 0.6) is 0 Å². The number of carbonyl (C=O) groups excluding carboxylic acids is 1. The van der Waals surface area contributed by atoms with Crippen molar-refractivity contribution in [2.24, 2.45) is 13.0 Å². The monoisotopic (exact) mass is 499 g/mol. The molecule has 0 aliphatic heterocycles. The van der Waals surface area contributed by atoms with E-state index in [4.69, 9.17) is 5.73 Å². The molecule has 184 valence electrons. The van der Waals surface area contributed by atoms with Crippen molar-refractivity contribution < 1.29 is 4.79 Å². The van der Waals surface area contributed by atoms with Gasteiger partial charge >= 0.3 is 0 Å². The summed E-state index contributed by atoms with van der Waals surface area (Å²) >= 11 is 1.60. The molecule has 2 heterocycles. The summed E-state index contributed by atoms with van der Waals surface area (Å²) in [5.74, 6) is 0.770. The molecule has 4 aromatic rings. The number of nitrogens with zero attached hydrogens (tertiary/aromatic N) is 2. The van der Waals surface area contributed by atoms with Crippen molar-refractivity contribution in [3.63, 3.8) is 0 Å². The minimum Gasteiger partial charge on any atom is -0.399 e. The highest BCUT2D eigenvalue weighted by Gasteiger charge is 2.21. The molecule has 7 nitrogen and oxygen atoms in total. The molecule has 1 aliphatic rings. The molecule has 1 unspecified atom stereocenters. The number of nitrogens with two attached hydrogens (primary N) is 1. The number of carbonyl (C=O) groups is 1. The Labute approximate surface area is 214 Å². The summed E-state index contributed by atoms with van der Waals surface area (Å²) in [6, 6.07) is 14.9. The molecule has 36 heavy (non-hydrogen) atoms. The van der Waals surface area contributed by atoms with Gasteiger partial charge in [0.2, 0.25) is 0 Å². The lowest BCUT2D eigenvalue weighted by Crippen LogP contribution is -2.21. The highest BCUT2D eigenvalue weighted by Crippen LogP contribution is 2.33. The minimum atomic E-state index is -0.251. The summed E-state index contributed by atoms with van der Waals surface area (Å²) in [5, 5.41) is 6.18. The number of thiophene rings is 1. The zero-order chi connectivity index (χ0) is 25.4. The molecule has 0 fully saturated rings. The predicted octanol–water partition coefficient (Wildman–Crippen LogP) is 5.52. The summed E-state index contributed by atoms with van der Waals surface area (Å²) in [6.07, 6.45) is 4.97. The minimum absolute atomic E-state index is 0.0975. The second kappa shape index (κ2) is 9.62. The SMILES string of the molecule is Cc1c(NC(=O)c2cc3c(s2)CC(C)CC3)cccc1-c1cn(C)c(=O)c(Nc2cccc(N)c2)n1. The van der Waals surface area contributed by atoms with Crippen LogP contribution in [-0.2, 0) is 19.9 Å². The Morgan fingerprint density at radius 1 is 1.19 bits per heavy atom. The van der Waals surface area contributed by atoms with Crippen LogP contribution in [0.1, 0.15) is 39.0 Å². The van der Waals surface area contributed by atoms with E-state index in [9.17, 15) is 9.59 Å². The van der Waals surface area contributed by atoms with Crippen LogP contribution in [-0.4, -0.2) is 15.5 Å². The van der Waals surface area contributed by atoms with Crippen LogP contribution in [0.4, 0.5) is 22.9 Å². The molecule has 0 spiro atoms. The number of aryl methyl sites for hydroxylation is 2. The summed E-state index contributed by atoms with van der Waals surface area (Å²) in [7, 11) is 1.69. The largest absolute Gasteiger partial charge is 0.399 e. The predicted molar refractivity (Wildman–Crippen MR) is 147 cm³/mol. The maximum atomic E-state index is 13.1. The lowest BCUT2D eigenvalue weighted by Gasteiger charge is -2.16. The van der Waals surface area contributed by atoms with Gasteiger partial charge in [0, 0.05) is 40.7 Å². The highest BCUT2D eigenvalue weighted by atomic mass is 32.1. The van der Waals surface area contributed by atoms with Gasteiger partial charge in [0.05, 0.1) is 10.6 Å². The molecule has 8 heteroatoms. The van der Waals surface area contributed by atoms with E-state index in [0.717, 1.165) is 34.5 Å². The first kappa shape index (κ1) is 23.8. The Balaban J connectivity index is 1.44. The Morgan fingerprint density at radius 3 is 2.81 bits per heavy atom. The Morgan fingerprint density at radius 2 is 2.00 bits per heavy atom. The van der Waals surface area contributed by atoms with E-state index in [2.05, 4.69) is 22.5 Å². The molecule has 4 N–H and O–H groups in total. The van der Waals surface area contributed by atoms with Crippen LogP contribution in [0.25, 0.3) is 11.3 Å². The molecule has 1 atom stereocenters. The Hall–Kier alpha value is -3.91. The lowest BCUT2D eigenvalue weighted by atomic mass is 9.90. The number of hydrogen-bond donors (Lipinski definition) is 3. The van der Waals surface area contributed by atoms with Crippen molar-refractivity contribution in [3.8, 4) is 11.3 Å². The first-order valence-corrected chi connectivity index (χ1v) is 12.8. The lowest BCUT2D eigenvalue weighted by molar-refractivity contribution is 0.103. The molecule has 0 saturated heterocycles. The average molecular weight is 500 g/mol. The van der Waals surface area contributed by atoms with E-state index in [-0.39, 0.29) is 17.3 Å². The molecule has 1 amide bonds. The van der Waals surface area contributed by atoms with E-state index in [0.29, 0.717) is 23.0 Å². The van der Waals surface area contributed by atoms with Crippen LogP contribution in [0, 0.1) is 12.8 Å². The van der Waals surface area contributed by atoms with E-state index in [1.54, 1.807) is 36.7 Å². The van der Waals surface area contributed by atoms with E-state index in [1.807, 2.05) is 43.3 Å². The summed E-state index contributed by atoms with van der Waals surface area (Å²) in [4.78, 5) is 32.6. The normalized spacial score (nSPS) is 14.8. The van der Waals surface area contributed by atoms with E-state index >= 15 is 0 Å². The van der Waals surface area contributed by atoms with Gasteiger partial charge in [-0.1, -0.05) is 25.1 Å². The maximum absolute atomic E-state index is 13.1. The van der Waals surface area contributed by atoms with Crippen LogP contribution in [0.2, 0.25) is 0 Å². The second-order valence-corrected chi connectivity index (χ2v) is 10.6. The van der Waals surface area contributed by atoms with Gasteiger partial charge in [0.15, 0.2) is 5.82 Å². The number of rotatable bonds is 5. The molecular formula is C28H29N5O2S. The standard InChI is InChI=1S/C28H29N5O2S/c1-16-10-11-18-13-25(36-24(18)12-16)27(34)32-22-9-5-8-21(17(22)2)23-15-33(3)28(35)26(31-23)30-20-7-4-6-19(29)14-20/h4-9,13-16H,10-12,29H2,1-3H3,(H,30,31)(H,32,34). The summed E-state index contributed by atoms with van der Waals surface area (Å²) in [6.45, 7) is 4.21. The van der Waals surface area contributed by atoms with Crippen molar-refractivity contribution in [2.45, 2.75) is 33.1 Å². The number of aromatic nitrogens is 2. The average Bonchev–Trinajstić information content (AvgIpc) is 3.27. The van der Waals surface area contributed by atoms with Crippen molar-refractivity contribution in [1.82, 2.24) is 9.55 Å². The fourth-order valence-corrected chi connectivity index (χ4v) is 5.86. The smallest absolute Gasteiger partial charge is 0.293 e. The van der Waals surface area contributed by atoms with Crippen molar-refractivity contribution >= 4 is 40.1 Å². The Kier molecular flexibility index (Phi) is 6.36. The molecule has 2 aromatic carbocycles. The third-order valence-electron chi connectivity index (χ3n) is 6.64. The molecular weight excluding hydrogens is 470 g/mol. The first-order chi connectivity index (χ1) is 17.3. The first-order valence-electron chi connectivity index (χ1n) is 12.0. The van der Waals surface area contributed by atoms with Gasteiger partial charge in [-0.05, 0) is 73.6 Å². The quantitative estimate of drug-likeness (QED) is 0.314. The zero-order valence-corrected chi connectivity index (χ0v) is 21.4. The molecule has 1 aliphatic carbocycles. The van der Waals surface area contributed by atoms with Crippen LogP contribution in [0.3, 0.4) is 0 Å². The van der Waals surface area contributed by atoms with Gasteiger partial charge in [0.1, 0.15) is 0 Å². The van der Waals surface area contributed by atoms with E-state index < -0.39 is 0 Å². The zero-order valence-electron chi connectivity index (χ0n) is 20.6. The van der Waals surface area contributed by atoms with Crippen molar-refractivity contribution in [1.29, 1.82) is 0 Å². The second-order valence-electron chi connectivity index (χ2n) is 9.48. The van der Waals surface area contributed by atoms with Crippen LogP contribution in [0.15, 0.2) is 59.5 Å². The van der Waals surface area contributed by atoms with Gasteiger partial charge in [-0.2, -0.15) is 0 Å². The van der Waals surface area contributed by atoms with E-state index in [1.165, 1.54) is 21.4 Å². The molecule has 2 aromatic heterocycles. The number of benzene rings is 2. The molecule has 0 bridgehead atoms. The molecule has 5 rings (SSSR count). The number of nitrogen functional groups attached to an aromatic ring is 1. The Bertz CT molecular complexity index is 1520. The number of fused-ring (bicyclic) bond motifs is 1. The fraction of sp³-hybridized carbons (Fsp3) is 0.250. The third-order valence-corrected chi connectivity index (χ3v) is 7.84.